The van der Waals surface area contributed by atoms with Gasteiger partial charge in [0.05, 0.1) is 5.69 Å². The summed E-state index contributed by atoms with van der Waals surface area (Å²) in [7, 11) is 1.77. The number of nitrogens with zero attached hydrogens (tertiary/aromatic N) is 2. The van der Waals surface area contributed by atoms with E-state index in [0.717, 1.165) is 5.69 Å². The first-order chi connectivity index (χ1) is 7.41. The zero-order chi connectivity index (χ0) is 12.3. The quantitative estimate of drug-likeness (QED) is 0.836. The Labute approximate surface area is 104 Å². The third-order valence-electron chi connectivity index (χ3n) is 2.24. The highest BCUT2D eigenvalue weighted by Crippen LogP contribution is 2.19. The molecule has 0 spiro atoms. The lowest BCUT2D eigenvalue weighted by Crippen LogP contribution is -2.31. The molecule has 90 valence electrons. The van der Waals surface area contributed by atoms with Crippen LogP contribution >= 0.6 is 23.2 Å². The fourth-order valence-corrected chi connectivity index (χ4v) is 1.81. The molecule has 0 aliphatic rings. The van der Waals surface area contributed by atoms with E-state index in [2.05, 4.69) is 10.3 Å². The highest BCUT2D eigenvalue weighted by atomic mass is 35.5. The van der Waals surface area contributed by atoms with Crippen LogP contribution < -0.4 is 11.1 Å². The highest BCUT2D eigenvalue weighted by Gasteiger charge is 2.12. The van der Waals surface area contributed by atoms with Gasteiger partial charge < -0.3 is 15.6 Å². The van der Waals surface area contributed by atoms with Crippen LogP contribution in [-0.2, 0) is 18.4 Å². The summed E-state index contributed by atoms with van der Waals surface area (Å²) in [5.41, 5.74) is 5.86. The fraction of sp³-hybridized carbons (Fsp3) is 0.556. The van der Waals surface area contributed by atoms with Crippen LogP contribution in [0, 0.1) is 0 Å². The van der Waals surface area contributed by atoms with E-state index in [0.29, 0.717) is 17.0 Å². The molecule has 5 nitrogen and oxygen atoms in total. The van der Waals surface area contributed by atoms with Crippen molar-refractivity contribution in [2.75, 3.05) is 0 Å². The average Bonchev–Trinajstić information content (AvgIpc) is 2.38. The van der Waals surface area contributed by atoms with Crippen molar-refractivity contribution in [3.8, 4) is 0 Å². The first-order valence-corrected chi connectivity index (χ1v) is 5.55. The second kappa shape index (κ2) is 5.52. The van der Waals surface area contributed by atoms with Gasteiger partial charge in [0.1, 0.15) is 0 Å². The molecule has 0 fully saturated rings. The minimum Gasteiger partial charge on any atom is -0.370 e. The lowest BCUT2D eigenvalue weighted by atomic mass is 10.2. The van der Waals surface area contributed by atoms with Gasteiger partial charge in [-0.05, 0) is 18.5 Å². The number of amides is 1. The number of imidazole rings is 1. The maximum Gasteiger partial charge on any atom is 0.218 e. The second-order valence-corrected chi connectivity index (χ2v) is 4.33. The van der Waals surface area contributed by atoms with E-state index in [9.17, 15) is 4.79 Å². The molecule has 1 atom stereocenters. The van der Waals surface area contributed by atoms with Crippen molar-refractivity contribution in [3.63, 3.8) is 0 Å². The SMILES string of the molecule is CC(CC(N)=O)NCc1c(Cl)nc(Cl)n1C. The molecule has 7 heteroatoms. The van der Waals surface area contributed by atoms with Crippen LogP contribution in [-0.4, -0.2) is 21.5 Å². The second-order valence-electron chi connectivity index (χ2n) is 3.63. The van der Waals surface area contributed by atoms with Gasteiger partial charge in [-0.15, -0.1) is 0 Å². The molecule has 0 aliphatic carbocycles. The highest BCUT2D eigenvalue weighted by molar-refractivity contribution is 6.32. The summed E-state index contributed by atoms with van der Waals surface area (Å²) >= 11 is 11.7. The molecule has 1 aromatic heterocycles. The van der Waals surface area contributed by atoms with Crippen LogP contribution in [0.4, 0.5) is 0 Å². The maximum absolute atomic E-state index is 10.7. The molecular formula is C9H14Cl2N4O. The number of hydrogen-bond donors (Lipinski definition) is 2. The predicted octanol–water partition coefficient (Wildman–Crippen LogP) is 1.08. The number of halogens is 2. The number of aromatic nitrogens is 2. The Morgan fingerprint density at radius 3 is 2.69 bits per heavy atom. The zero-order valence-corrected chi connectivity index (χ0v) is 10.6. The monoisotopic (exact) mass is 264 g/mol. The molecule has 1 unspecified atom stereocenters. The van der Waals surface area contributed by atoms with Gasteiger partial charge in [0.15, 0.2) is 5.15 Å². The smallest absolute Gasteiger partial charge is 0.218 e. The lowest BCUT2D eigenvalue weighted by molar-refractivity contribution is -0.118. The van der Waals surface area contributed by atoms with Gasteiger partial charge in [-0.1, -0.05) is 11.6 Å². The van der Waals surface area contributed by atoms with Crippen molar-refractivity contribution in [2.45, 2.75) is 25.9 Å². The van der Waals surface area contributed by atoms with Crippen molar-refractivity contribution in [2.24, 2.45) is 12.8 Å². The molecular weight excluding hydrogens is 251 g/mol. The van der Waals surface area contributed by atoms with Gasteiger partial charge in [-0.2, -0.15) is 0 Å². The Kier molecular flexibility index (Phi) is 4.58. The maximum atomic E-state index is 10.7. The first kappa shape index (κ1) is 13.3. The number of carbonyl (C=O) groups is 1. The van der Waals surface area contributed by atoms with Gasteiger partial charge in [-0.25, -0.2) is 4.98 Å². The molecule has 3 N–H and O–H groups in total. The van der Waals surface area contributed by atoms with Crippen molar-refractivity contribution in [3.05, 3.63) is 16.1 Å². The molecule has 0 saturated carbocycles. The normalized spacial score (nSPS) is 12.8. The summed E-state index contributed by atoms with van der Waals surface area (Å²) in [6.45, 7) is 2.36. The largest absolute Gasteiger partial charge is 0.370 e. The third-order valence-corrected chi connectivity index (χ3v) is 2.88. The Morgan fingerprint density at radius 2 is 2.25 bits per heavy atom. The number of rotatable bonds is 5. The Morgan fingerprint density at radius 1 is 1.62 bits per heavy atom. The minimum absolute atomic E-state index is 0.0118. The number of hydrogen-bond acceptors (Lipinski definition) is 3. The van der Waals surface area contributed by atoms with Crippen LogP contribution in [0.3, 0.4) is 0 Å². The molecule has 0 aromatic carbocycles. The summed E-state index contributed by atoms with van der Waals surface area (Å²) in [5.74, 6) is -0.339. The number of primary amides is 1. The standard InChI is InChI=1S/C9H14Cl2N4O/c1-5(3-7(12)16)13-4-6-8(10)14-9(11)15(6)2/h5,13H,3-4H2,1-2H3,(H2,12,16). The van der Waals surface area contributed by atoms with Crippen LogP contribution in [0.5, 0.6) is 0 Å². The van der Waals surface area contributed by atoms with Crippen molar-refractivity contribution < 1.29 is 4.79 Å². The van der Waals surface area contributed by atoms with Crippen LogP contribution in [0.25, 0.3) is 0 Å². The van der Waals surface area contributed by atoms with Gasteiger partial charge in [0.25, 0.3) is 0 Å². The van der Waals surface area contributed by atoms with E-state index in [4.69, 9.17) is 28.9 Å². The molecule has 0 saturated heterocycles. The molecule has 1 rings (SSSR count). The summed E-state index contributed by atoms with van der Waals surface area (Å²) in [5, 5.41) is 3.82. The third kappa shape index (κ3) is 3.37. The van der Waals surface area contributed by atoms with E-state index in [-0.39, 0.29) is 18.4 Å². The number of nitrogens with two attached hydrogens (primary N) is 1. The Hall–Kier alpha value is -0.780. The molecule has 0 aliphatic heterocycles. The molecule has 16 heavy (non-hydrogen) atoms. The van der Waals surface area contributed by atoms with Gasteiger partial charge >= 0.3 is 0 Å². The fourth-order valence-electron chi connectivity index (χ4n) is 1.31. The van der Waals surface area contributed by atoms with Gasteiger partial charge in [0, 0.05) is 26.1 Å². The van der Waals surface area contributed by atoms with Crippen LogP contribution in [0.15, 0.2) is 0 Å². The van der Waals surface area contributed by atoms with Crippen LogP contribution in [0.1, 0.15) is 19.0 Å². The van der Waals surface area contributed by atoms with E-state index < -0.39 is 0 Å². The lowest BCUT2D eigenvalue weighted by Gasteiger charge is -2.12. The minimum atomic E-state index is -0.339. The molecule has 0 radical (unpaired) electrons. The average molecular weight is 265 g/mol. The van der Waals surface area contributed by atoms with Crippen molar-refractivity contribution >= 4 is 29.1 Å². The molecule has 1 amide bonds. The van der Waals surface area contributed by atoms with E-state index in [1.54, 1.807) is 11.6 Å². The summed E-state index contributed by atoms with van der Waals surface area (Å²) in [6.07, 6.45) is 0.281. The topological polar surface area (TPSA) is 72.9 Å². The summed E-state index contributed by atoms with van der Waals surface area (Å²) < 4.78 is 1.69. The first-order valence-electron chi connectivity index (χ1n) is 4.80. The Balaban J connectivity index is 2.57. The number of carbonyl (C=O) groups excluding carboxylic acids is 1. The molecule has 1 heterocycles. The number of nitrogens with one attached hydrogen (secondary N) is 1. The van der Waals surface area contributed by atoms with E-state index in [1.165, 1.54) is 0 Å². The van der Waals surface area contributed by atoms with Crippen molar-refractivity contribution in [1.82, 2.24) is 14.9 Å². The van der Waals surface area contributed by atoms with Gasteiger partial charge in [0.2, 0.25) is 11.2 Å². The van der Waals surface area contributed by atoms with Crippen LogP contribution in [0.2, 0.25) is 10.4 Å². The predicted molar refractivity (Wildman–Crippen MR) is 63.3 cm³/mol. The molecule has 1 aromatic rings. The zero-order valence-electron chi connectivity index (χ0n) is 9.13. The Bertz CT molecular complexity index is 391. The summed E-state index contributed by atoms with van der Waals surface area (Å²) in [4.78, 5) is 14.6. The van der Waals surface area contributed by atoms with E-state index in [1.807, 2.05) is 6.92 Å². The van der Waals surface area contributed by atoms with E-state index >= 15 is 0 Å². The summed E-state index contributed by atoms with van der Waals surface area (Å²) in [6, 6.07) is -0.0118. The molecule has 0 bridgehead atoms. The van der Waals surface area contributed by atoms with Crippen molar-refractivity contribution in [1.29, 1.82) is 0 Å². The van der Waals surface area contributed by atoms with Gasteiger partial charge in [-0.3, -0.25) is 4.79 Å².